The Morgan fingerprint density at radius 2 is 2.00 bits per heavy atom. The van der Waals surface area contributed by atoms with Crippen LogP contribution in [0.1, 0.15) is 16.7 Å². The van der Waals surface area contributed by atoms with E-state index in [1.54, 1.807) is 24.3 Å². The lowest BCUT2D eigenvalue weighted by atomic mass is 10.0. The summed E-state index contributed by atoms with van der Waals surface area (Å²) in [6.45, 7) is 0.0511. The van der Waals surface area contributed by atoms with E-state index in [1.165, 1.54) is 6.07 Å². The van der Waals surface area contributed by atoms with Gasteiger partial charge in [-0.25, -0.2) is 0 Å². The summed E-state index contributed by atoms with van der Waals surface area (Å²) >= 11 is 3.34. The lowest BCUT2D eigenvalue weighted by Gasteiger charge is -2.09. The fourth-order valence-corrected chi connectivity index (χ4v) is 2.93. The number of terminal acetylenes is 1. The molecule has 3 nitrogen and oxygen atoms in total. The summed E-state index contributed by atoms with van der Waals surface area (Å²) < 4.78 is 44.8. The van der Waals surface area contributed by atoms with E-state index in [9.17, 15) is 18.0 Å². The zero-order chi connectivity index (χ0) is 18.9. The Labute approximate surface area is 156 Å². The van der Waals surface area contributed by atoms with Gasteiger partial charge >= 0.3 is 6.18 Å². The predicted octanol–water partition coefficient (Wildman–Crippen LogP) is 4.97. The third kappa shape index (κ3) is 3.60. The van der Waals surface area contributed by atoms with E-state index in [0.717, 1.165) is 16.6 Å². The van der Waals surface area contributed by atoms with Crippen molar-refractivity contribution in [2.24, 2.45) is 0 Å². The summed E-state index contributed by atoms with van der Waals surface area (Å²) in [4.78, 5) is 12.3. The van der Waals surface area contributed by atoms with Crippen LogP contribution >= 0.6 is 15.9 Å². The predicted molar refractivity (Wildman–Crippen MR) is 96.4 cm³/mol. The highest BCUT2D eigenvalue weighted by Crippen LogP contribution is 2.39. The maximum absolute atomic E-state index is 12.8. The zero-order valence-corrected chi connectivity index (χ0v) is 14.7. The molecule has 1 aliphatic rings. The van der Waals surface area contributed by atoms with E-state index in [0.29, 0.717) is 16.9 Å². The second-order valence-corrected chi connectivity index (χ2v) is 6.36. The van der Waals surface area contributed by atoms with Gasteiger partial charge in [-0.15, -0.1) is 6.42 Å². The fraction of sp³-hybridized carbons (Fsp3) is 0.105. The molecule has 132 valence electrons. The summed E-state index contributed by atoms with van der Waals surface area (Å²) in [7, 11) is 0. The van der Waals surface area contributed by atoms with Crippen LogP contribution in [-0.2, 0) is 11.0 Å². The zero-order valence-electron chi connectivity index (χ0n) is 13.2. The van der Waals surface area contributed by atoms with Crippen LogP contribution in [0.5, 0.6) is 5.75 Å². The number of ether oxygens (including phenoxy) is 1. The van der Waals surface area contributed by atoms with Gasteiger partial charge in [-0.3, -0.25) is 4.79 Å². The van der Waals surface area contributed by atoms with Gasteiger partial charge in [0.2, 0.25) is 0 Å². The molecular weight excluding hydrogens is 411 g/mol. The number of rotatable bonds is 3. The molecule has 26 heavy (non-hydrogen) atoms. The molecule has 0 fully saturated rings. The van der Waals surface area contributed by atoms with Crippen molar-refractivity contribution < 1.29 is 22.7 Å². The van der Waals surface area contributed by atoms with Gasteiger partial charge in [0.25, 0.3) is 5.91 Å². The Balaban J connectivity index is 2.06. The van der Waals surface area contributed by atoms with Crippen LogP contribution in [0.4, 0.5) is 18.9 Å². The third-order valence-corrected chi connectivity index (χ3v) is 4.21. The van der Waals surface area contributed by atoms with E-state index in [1.807, 2.05) is 0 Å². The summed E-state index contributed by atoms with van der Waals surface area (Å²) in [6.07, 6.45) is 2.28. The molecule has 7 heteroatoms. The standard InChI is InChI=1S/C19H11BrF3NO2/c1-2-7-26-17-6-4-13(20)8-11(17)9-15-14-5-3-12(19(21,22)23)10-16(14)24-18(15)25/h1,3-6,8-10H,7H2,(H,24,25)/b15-9-. The molecule has 0 saturated carbocycles. The first-order valence-electron chi connectivity index (χ1n) is 7.40. The Kier molecular flexibility index (Phi) is 4.79. The first kappa shape index (κ1) is 18.1. The van der Waals surface area contributed by atoms with Crippen LogP contribution in [0.2, 0.25) is 0 Å². The third-order valence-electron chi connectivity index (χ3n) is 3.71. The van der Waals surface area contributed by atoms with Crippen LogP contribution in [-0.4, -0.2) is 12.5 Å². The van der Waals surface area contributed by atoms with E-state index >= 15 is 0 Å². The molecule has 0 aromatic heterocycles. The number of fused-ring (bicyclic) bond motifs is 1. The highest BCUT2D eigenvalue weighted by Gasteiger charge is 2.33. The van der Waals surface area contributed by atoms with Crippen LogP contribution in [0, 0.1) is 12.3 Å². The Hall–Kier alpha value is -2.72. The van der Waals surface area contributed by atoms with Crippen molar-refractivity contribution in [2.75, 3.05) is 11.9 Å². The van der Waals surface area contributed by atoms with Crippen molar-refractivity contribution >= 4 is 39.2 Å². The van der Waals surface area contributed by atoms with E-state index < -0.39 is 17.6 Å². The van der Waals surface area contributed by atoms with Gasteiger partial charge in [0, 0.05) is 26.9 Å². The second-order valence-electron chi connectivity index (χ2n) is 5.45. The van der Waals surface area contributed by atoms with Crippen LogP contribution in [0.25, 0.3) is 11.6 Å². The van der Waals surface area contributed by atoms with Gasteiger partial charge < -0.3 is 10.1 Å². The number of anilines is 1. The van der Waals surface area contributed by atoms with Gasteiger partial charge in [-0.05, 0) is 36.4 Å². The van der Waals surface area contributed by atoms with Crippen LogP contribution < -0.4 is 10.1 Å². The van der Waals surface area contributed by atoms with Crippen molar-refractivity contribution in [2.45, 2.75) is 6.18 Å². The molecule has 0 bridgehead atoms. The average molecular weight is 422 g/mol. The van der Waals surface area contributed by atoms with Crippen LogP contribution in [0.3, 0.4) is 0 Å². The average Bonchev–Trinajstić information content (AvgIpc) is 2.88. The molecule has 0 spiro atoms. The molecule has 3 rings (SSSR count). The molecule has 0 radical (unpaired) electrons. The van der Waals surface area contributed by atoms with Gasteiger partial charge in [0.1, 0.15) is 12.4 Å². The first-order chi connectivity index (χ1) is 12.3. The molecule has 1 amide bonds. The Morgan fingerprint density at radius 1 is 1.23 bits per heavy atom. The molecular formula is C19H11BrF3NO2. The number of carbonyl (C=O) groups excluding carboxylic acids is 1. The number of nitrogens with one attached hydrogen (secondary N) is 1. The van der Waals surface area contributed by atoms with Crippen molar-refractivity contribution in [3.63, 3.8) is 0 Å². The van der Waals surface area contributed by atoms with Gasteiger partial charge in [0.15, 0.2) is 0 Å². The minimum Gasteiger partial charge on any atom is -0.480 e. The number of hydrogen-bond donors (Lipinski definition) is 1. The lowest BCUT2D eigenvalue weighted by Crippen LogP contribution is -2.06. The molecule has 0 atom stereocenters. The molecule has 2 aromatic rings. The Bertz CT molecular complexity index is 958. The monoisotopic (exact) mass is 421 g/mol. The van der Waals surface area contributed by atoms with Crippen LogP contribution in [0.15, 0.2) is 40.9 Å². The number of benzene rings is 2. The summed E-state index contributed by atoms with van der Waals surface area (Å²) in [5.74, 6) is 2.34. The highest BCUT2D eigenvalue weighted by molar-refractivity contribution is 9.10. The quantitative estimate of drug-likeness (QED) is 0.560. The van der Waals surface area contributed by atoms with Crippen molar-refractivity contribution in [3.8, 4) is 18.1 Å². The minimum absolute atomic E-state index is 0.0511. The van der Waals surface area contributed by atoms with Gasteiger partial charge in [0.05, 0.1) is 5.56 Å². The van der Waals surface area contributed by atoms with E-state index in [4.69, 9.17) is 11.2 Å². The summed E-state index contributed by atoms with van der Waals surface area (Å²) in [5, 5.41) is 2.47. The van der Waals surface area contributed by atoms with Crippen molar-refractivity contribution in [1.29, 1.82) is 0 Å². The molecule has 1 heterocycles. The first-order valence-corrected chi connectivity index (χ1v) is 8.19. The molecule has 0 saturated heterocycles. The SMILES string of the molecule is C#CCOc1ccc(Br)cc1/C=C1\C(=O)Nc2cc(C(F)(F)F)ccc21. The molecule has 1 N–H and O–H groups in total. The number of amides is 1. The fourth-order valence-electron chi connectivity index (χ4n) is 2.55. The number of alkyl halides is 3. The maximum Gasteiger partial charge on any atom is 0.416 e. The minimum atomic E-state index is -4.48. The van der Waals surface area contributed by atoms with Gasteiger partial charge in [-0.2, -0.15) is 13.2 Å². The smallest absolute Gasteiger partial charge is 0.416 e. The molecule has 0 aliphatic carbocycles. The van der Waals surface area contributed by atoms with Gasteiger partial charge in [-0.1, -0.05) is 27.9 Å². The molecule has 1 aliphatic heterocycles. The topological polar surface area (TPSA) is 38.3 Å². The maximum atomic E-state index is 12.8. The lowest BCUT2D eigenvalue weighted by molar-refractivity contribution is -0.137. The second kappa shape index (κ2) is 6.89. The number of halogens is 4. The van der Waals surface area contributed by atoms with Crippen molar-refractivity contribution in [1.82, 2.24) is 0 Å². The number of hydrogen-bond acceptors (Lipinski definition) is 2. The Morgan fingerprint density at radius 3 is 2.69 bits per heavy atom. The summed E-state index contributed by atoms with van der Waals surface area (Å²) in [5.41, 5.74) is 0.520. The van der Waals surface area contributed by atoms with E-state index in [2.05, 4.69) is 27.2 Å². The van der Waals surface area contributed by atoms with Crippen molar-refractivity contribution in [3.05, 3.63) is 57.6 Å². The number of carbonyl (C=O) groups is 1. The largest absolute Gasteiger partial charge is 0.480 e. The molecule has 2 aromatic carbocycles. The highest BCUT2D eigenvalue weighted by atomic mass is 79.9. The van der Waals surface area contributed by atoms with E-state index in [-0.39, 0.29) is 17.9 Å². The summed E-state index contributed by atoms with van der Waals surface area (Å²) in [6, 6.07) is 8.32. The normalized spacial score (nSPS) is 14.7. The molecule has 0 unspecified atom stereocenters.